The van der Waals surface area contributed by atoms with Crippen LogP contribution in [0.4, 0.5) is 0 Å². The Balaban J connectivity index is 1.80. The van der Waals surface area contributed by atoms with Crippen LogP contribution >= 0.6 is 0 Å². The van der Waals surface area contributed by atoms with E-state index in [1.54, 1.807) is 6.92 Å². The first kappa shape index (κ1) is 16.8. The molecule has 2 fully saturated rings. The summed E-state index contributed by atoms with van der Waals surface area (Å²) in [7, 11) is -0.135. The smallest absolute Gasteiger partial charge is 0.403 e. The minimum atomic E-state index is -0.258. The van der Waals surface area contributed by atoms with Gasteiger partial charge in [-0.15, -0.1) is 0 Å². The van der Waals surface area contributed by atoms with E-state index in [1.807, 2.05) is 0 Å². The summed E-state index contributed by atoms with van der Waals surface area (Å²) >= 11 is 0. The molecule has 2 unspecified atom stereocenters. The lowest BCUT2D eigenvalue weighted by Gasteiger charge is -2.32. The topological polar surface area (TPSA) is 59.6 Å². The second kappa shape index (κ2) is 5.56. The minimum Gasteiger partial charge on any atom is -0.403 e. The largest absolute Gasteiger partial charge is 0.457 e. The Labute approximate surface area is 128 Å². The molecule has 1 amide bonds. The standard InChI is InChI=1S/C15H29BN2O3/c1-11(19)18-15(6)9-12(17-10-15)7-8-16-20-13(2,3)14(4,5)21-16/h12,17H,7-10H2,1-6H3,(H,18,19). The van der Waals surface area contributed by atoms with Crippen LogP contribution in [0.3, 0.4) is 0 Å². The number of hydrogen-bond acceptors (Lipinski definition) is 4. The Morgan fingerprint density at radius 1 is 1.24 bits per heavy atom. The van der Waals surface area contributed by atoms with Crippen molar-refractivity contribution in [3.63, 3.8) is 0 Å². The van der Waals surface area contributed by atoms with Gasteiger partial charge >= 0.3 is 7.12 Å². The Kier molecular flexibility index (Phi) is 4.44. The number of rotatable bonds is 4. The molecular weight excluding hydrogens is 267 g/mol. The fourth-order valence-electron chi connectivity index (χ4n) is 3.20. The molecule has 2 heterocycles. The van der Waals surface area contributed by atoms with Gasteiger partial charge in [-0.25, -0.2) is 0 Å². The van der Waals surface area contributed by atoms with Crippen LogP contribution in [0.15, 0.2) is 0 Å². The van der Waals surface area contributed by atoms with E-state index in [0.29, 0.717) is 6.04 Å². The van der Waals surface area contributed by atoms with Gasteiger partial charge in [0, 0.05) is 19.5 Å². The summed E-state index contributed by atoms with van der Waals surface area (Å²) in [6, 6.07) is 0.404. The lowest BCUT2D eigenvalue weighted by molar-refractivity contribution is -0.120. The highest BCUT2D eigenvalue weighted by Crippen LogP contribution is 2.38. The summed E-state index contributed by atoms with van der Waals surface area (Å²) < 4.78 is 12.0. The highest BCUT2D eigenvalue weighted by atomic mass is 16.7. The zero-order valence-corrected chi connectivity index (χ0v) is 14.2. The van der Waals surface area contributed by atoms with Gasteiger partial charge in [0.15, 0.2) is 0 Å². The fraction of sp³-hybridized carbons (Fsp3) is 0.933. The maximum Gasteiger partial charge on any atom is 0.457 e. The maximum absolute atomic E-state index is 11.2. The quantitative estimate of drug-likeness (QED) is 0.776. The third-order valence-electron chi connectivity index (χ3n) is 5.01. The molecule has 2 saturated heterocycles. The van der Waals surface area contributed by atoms with Gasteiger partial charge in [-0.05, 0) is 53.8 Å². The SMILES string of the molecule is CC(=O)NC1(C)CNC(CCB2OC(C)(C)C(C)(C)O2)C1. The highest BCUT2D eigenvalue weighted by Gasteiger charge is 2.50. The Morgan fingerprint density at radius 2 is 1.81 bits per heavy atom. The van der Waals surface area contributed by atoms with Crippen LogP contribution in [-0.4, -0.2) is 42.4 Å². The zero-order valence-electron chi connectivity index (χ0n) is 14.2. The molecule has 21 heavy (non-hydrogen) atoms. The second-order valence-electron chi connectivity index (χ2n) is 7.79. The van der Waals surface area contributed by atoms with Crippen molar-refractivity contribution < 1.29 is 14.1 Å². The first-order chi connectivity index (χ1) is 9.53. The Morgan fingerprint density at radius 3 is 2.33 bits per heavy atom. The molecule has 120 valence electrons. The van der Waals surface area contributed by atoms with Crippen molar-refractivity contribution in [2.24, 2.45) is 0 Å². The molecular formula is C15H29BN2O3. The van der Waals surface area contributed by atoms with Crippen molar-refractivity contribution in [3.8, 4) is 0 Å². The summed E-state index contributed by atoms with van der Waals surface area (Å²) in [6.07, 6.45) is 2.82. The molecule has 0 bridgehead atoms. The Bertz CT molecular complexity index is 398. The lowest BCUT2D eigenvalue weighted by atomic mass is 9.80. The van der Waals surface area contributed by atoms with E-state index < -0.39 is 0 Å². The van der Waals surface area contributed by atoms with Crippen LogP contribution in [0.2, 0.25) is 6.32 Å². The second-order valence-corrected chi connectivity index (χ2v) is 7.79. The molecule has 2 rings (SSSR count). The molecule has 2 atom stereocenters. The van der Waals surface area contributed by atoms with E-state index in [0.717, 1.165) is 25.7 Å². The molecule has 5 nitrogen and oxygen atoms in total. The first-order valence-corrected chi connectivity index (χ1v) is 7.91. The molecule has 0 saturated carbocycles. The predicted molar refractivity (Wildman–Crippen MR) is 84.1 cm³/mol. The van der Waals surface area contributed by atoms with E-state index >= 15 is 0 Å². The van der Waals surface area contributed by atoms with E-state index in [4.69, 9.17) is 9.31 Å². The van der Waals surface area contributed by atoms with Crippen molar-refractivity contribution in [1.82, 2.24) is 10.6 Å². The average molecular weight is 296 g/mol. The third-order valence-corrected chi connectivity index (χ3v) is 5.01. The number of hydrogen-bond donors (Lipinski definition) is 2. The van der Waals surface area contributed by atoms with Crippen LogP contribution in [0.25, 0.3) is 0 Å². The highest BCUT2D eigenvalue weighted by molar-refractivity contribution is 6.45. The summed E-state index contributed by atoms with van der Waals surface area (Å²) in [5.41, 5.74) is -0.649. The van der Waals surface area contributed by atoms with E-state index in [1.165, 1.54) is 0 Å². The van der Waals surface area contributed by atoms with Gasteiger partial charge in [-0.3, -0.25) is 4.79 Å². The molecule has 0 aromatic heterocycles. The number of carbonyl (C=O) groups is 1. The number of amides is 1. The van der Waals surface area contributed by atoms with Gasteiger partial charge in [-0.2, -0.15) is 0 Å². The lowest BCUT2D eigenvalue weighted by Crippen LogP contribution is -2.46. The maximum atomic E-state index is 11.2. The molecule has 2 aliphatic heterocycles. The minimum absolute atomic E-state index is 0.0332. The molecule has 2 N–H and O–H groups in total. The molecule has 0 aromatic carbocycles. The third kappa shape index (κ3) is 3.79. The van der Waals surface area contributed by atoms with E-state index in [9.17, 15) is 4.79 Å². The molecule has 0 aromatic rings. The molecule has 0 radical (unpaired) electrons. The normalized spacial score (nSPS) is 34.2. The van der Waals surface area contributed by atoms with E-state index in [-0.39, 0.29) is 29.8 Å². The van der Waals surface area contributed by atoms with Crippen molar-refractivity contribution in [2.45, 2.75) is 83.5 Å². The van der Waals surface area contributed by atoms with Gasteiger partial charge in [-0.1, -0.05) is 0 Å². The van der Waals surface area contributed by atoms with Crippen molar-refractivity contribution in [2.75, 3.05) is 6.54 Å². The van der Waals surface area contributed by atoms with Crippen molar-refractivity contribution >= 4 is 13.0 Å². The fourth-order valence-corrected chi connectivity index (χ4v) is 3.20. The summed E-state index contributed by atoms with van der Waals surface area (Å²) in [5.74, 6) is 0.0332. The van der Waals surface area contributed by atoms with Gasteiger partial charge in [0.25, 0.3) is 0 Å². The van der Waals surface area contributed by atoms with Crippen molar-refractivity contribution in [3.05, 3.63) is 0 Å². The van der Waals surface area contributed by atoms with Crippen LogP contribution in [0.5, 0.6) is 0 Å². The van der Waals surface area contributed by atoms with Crippen molar-refractivity contribution in [1.29, 1.82) is 0 Å². The van der Waals surface area contributed by atoms with Gasteiger partial charge in [0.05, 0.1) is 16.7 Å². The van der Waals surface area contributed by atoms with Crippen LogP contribution in [0, 0.1) is 0 Å². The van der Waals surface area contributed by atoms with Gasteiger partial charge in [0.2, 0.25) is 5.91 Å². The van der Waals surface area contributed by atoms with Crippen LogP contribution < -0.4 is 10.6 Å². The number of nitrogens with one attached hydrogen (secondary N) is 2. The van der Waals surface area contributed by atoms with Gasteiger partial charge < -0.3 is 19.9 Å². The van der Waals surface area contributed by atoms with E-state index in [2.05, 4.69) is 45.3 Å². The average Bonchev–Trinajstić information content (AvgIpc) is 2.74. The Hall–Kier alpha value is -0.585. The molecule has 0 aliphatic carbocycles. The molecule has 2 aliphatic rings. The first-order valence-electron chi connectivity index (χ1n) is 7.91. The molecule has 6 heteroatoms. The zero-order chi connectivity index (χ0) is 15.9. The van der Waals surface area contributed by atoms with Gasteiger partial charge in [0.1, 0.15) is 0 Å². The summed E-state index contributed by atoms with van der Waals surface area (Å²) in [4.78, 5) is 11.2. The van der Waals surface area contributed by atoms with Crippen LogP contribution in [0.1, 0.15) is 54.4 Å². The molecule has 0 spiro atoms. The summed E-state index contributed by atoms with van der Waals surface area (Å²) in [6.45, 7) is 12.8. The number of carbonyl (C=O) groups excluding carboxylic acids is 1. The monoisotopic (exact) mass is 296 g/mol. The summed E-state index contributed by atoms with van der Waals surface area (Å²) in [5, 5.41) is 6.53. The van der Waals surface area contributed by atoms with Crippen LogP contribution in [-0.2, 0) is 14.1 Å². The predicted octanol–water partition coefficient (Wildman–Crippen LogP) is 1.73.